The van der Waals surface area contributed by atoms with Gasteiger partial charge in [0.25, 0.3) is 0 Å². The Balaban J connectivity index is 1.66. The van der Waals surface area contributed by atoms with E-state index in [0.717, 1.165) is 31.5 Å². The summed E-state index contributed by atoms with van der Waals surface area (Å²) in [6.45, 7) is 0.817. The van der Waals surface area contributed by atoms with Crippen LogP contribution in [0.3, 0.4) is 0 Å². The van der Waals surface area contributed by atoms with Crippen LogP contribution in [0.15, 0.2) is 48.1 Å². The monoisotopic (exact) mass is 331 g/mol. The van der Waals surface area contributed by atoms with Crippen molar-refractivity contribution < 1.29 is 9.63 Å². The smallest absolute Gasteiger partial charge is 0.337 e. The maximum atomic E-state index is 12.0. The van der Waals surface area contributed by atoms with Crippen LogP contribution in [0.4, 0.5) is 0 Å². The highest BCUT2D eigenvalue weighted by molar-refractivity contribution is 6.30. The summed E-state index contributed by atoms with van der Waals surface area (Å²) < 4.78 is 2.03. The van der Waals surface area contributed by atoms with Crippen LogP contribution in [0, 0.1) is 5.92 Å². The van der Waals surface area contributed by atoms with Crippen molar-refractivity contribution in [1.82, 2.24) is 9.55 Å². The predicted octanol–water partition coefficient (Wildman–Crippen LogP) is 3.94. The van der Waals surface area contributed by atoms with Gasteiger partial charge in [-0.15, -0.1) is 0 Å². The third-order valence-corrected chi connectivity index (χ3v) is 4.27. The number of hydrogen-bond acceptors (Lipinski definition) is 4. The topological polar surface area (TPSA) is 56.5 Å². The third-order valence-electron chi connectivity index (χ3n) is 4.02. The minimum atomic E-state index is -0.457. The molecule has 1 aliphatic carbocycles. The molecule has 0 spiro atoms. The van der Waals surface area contributed by atoms with Crippen molar-refractivity contribution in [2.24, 2.45) is 11.1 Å². The number of halogens is 1. The first kappa shape index (κ1) is 15.7. The first-order valence-corrected chi connectivity index (χ1v) is 8.09. The van der Waals surface area contributed by atoms with Crippen molar-refractivity contribution in [3.8, 4) is 0 Å². The van der Waals surface area contributed by atoms with E-state index in [2.05, 4.69) is 10.1 Å². The number of rotatable bonds is 4. The number of hydrogen-bond donors (Lipinski definition) is 0. The van der Waals surface area contributed by atoms with Gasteiger partial charge >= 0.3 is 5.97 Å². The van der Waals surface area contributed by atoms with Gasteiger partial charge in [-0.25, -0.2) is 9.78 Å². The molecule has 120 valence electrons. The minimum absolute atomic E-state index is 0.288. The Morgan fingerprint density at radius 3 is 2.91 bits per heavy atom. The number of benzene rings is 1. The number of oxime groups is 1. The van der Waals surface area contributed by atoms with Crippen molar-refractivity contribution in [3.05, 3.63) is 53.6 Å². The highest BCUT2D eigenvalue weighted by Crippen LogP contribution is 2.24. The lowest BCUT2D eigenvalue weighted by Crippen LogP contribution is -2.24. The van der Waals surface area contributed by atoms with Crippen molar-refractivity contribution in [3.63, 3.8) is 0 Å². The fourth-order valence-electron chi connectivity index (χ4n) is 2.77. The molecule has 1 atom stereocenters. The van der Waals surface area contributed by atoms with E-state index in [-0.39, 0.29) is 5.92 Å². The molecule has 1 aliphatic rings. The van der Waals surface area contributed by atoms with E-state index in [1.807, 2.05) is 10.8 Å². The van der Waals surface area contributed by atoms with Crippen LogP contribution in [-0.4, -0.2) is 21.2 Å². The number of carbonyl (C=O) groups is 1. The summed E-state index contributed by atoms with van der Waals surface area (Å²) >= 11 is 5.81. The van der Waals surface area contributed by atoms with E-state index in [1.165, 1.54) is 6.42 Å². The van der Waals surface area contributed by atoms with Crippen LogP contribution in [0.5, 0.6) is 0 Å². The second-order valence-electron chi connectivity index (χ2n) is 5.67. The summed E-state index contributed by atoms with van der Waals surface area (Å²) in [5, 5.41) is 4.73. The lowest BCUT2D eigenvalue weighted by atomic mass is 9.87. The van der Waals surface area contributed by atoms with Crippen LogP contribution in [0.25, 0.3) is 0 Å². The average molecular weight is 332 g/mol. The van der Waals surface area contributed by atoms with Gasteiger partial charge in [0.05, 0.1) is 17.6 Å². The van der Waals surface area contributed by atoms with Gasteiger partial charge < -0.3 is 9.40 Å². The zero-order valence-electron chi connectivity index (χ0n) is 12.7. The molecule has 0 unspecified atom stereocenters. The summed E-state index contributed by atoms with van der Waals surface area (Å²) in [6, 6.07) is 6.59. The largest absolute Gasteiger partial charge is 0.365 e. The molecule has 1 saturated carbocycles. The molecule has 2 aromatic rings. The Bertz CT molecular complexity index is 680. The molecule has 1 heterocycles. The number of imidazole rings is 1. The van der Waals surface area contributed by atoms with Gasteiger partial charge in [-0.2, -0.15) is 0 Å². The zero-order chi connectivity index (χ0) is 16.1. The van der Waals surface area contributed by atoms with Crippen molar-refractivity contribution in [1.29, 1.82) is 0 Å². The van der Waals surface area contributed by atoms with Crippen molar-refractivity contribution in [2.45, 2.75) is 32.2 Å². The van der Waals surface area contributed by atoms with E-state index >= 15 is 0 Å². The first-order valence-electron chi connectivity index (χ1n) is 7.72. The summed E-state index contributed by atoms with van der Waals surface area (Å²) in [5.41, 5.74) is 1.40. The van der Waals surface area contributed by atoms with Crippen LogP contribution in [0.2, 0.25) is 5.02 Å². The van der Waals surface area contributed by atoms with E-state index in [1.54, 1.807) is 36.8 Å². The van der Waals surface area contributed by atoms with Gasteiger partial charge in [0.15, 0.2) is 0 Å². The standard InChI is InChI=1S/C17H18ClN3O2/c18-15-7-5-13(6-8-15)17(22)23-20-16-4-2-1-3-14(16)11-21-10-9-19-12-21/h5-10,12,14H,1-4,11H2/b20-16-/t14-/m1/s1. The molecule has 0 aliphatic heterocycles. The molecule has 1 fully saturated rings. The second kappa shape index (κ2) is 7.42. The maximum Gasteiger partial charge on any atom is 0.365 e. The molecule has 0 amide bonds. The van der Waals surface area contributed by atoms with E-state index in [9.17, 15) is 4.79 Å². The average Bonchev–Trinajstić information content (AvgIpc) is 3.07. The summed E-state index contributed by atoms with van der Waals surface area (Å²) in [4.78, 5) is 21.2. The zero-order valence-corrected chi connectivity index (χ0v) is 13.4. The van der Waals surface area contributed by atoms with Crippen molar-refractivity contribution >= 4 is 23.3 Å². The quantitative estimate of drug-likeness (QED) is 0.630. The molecule has 1 aromatic heterocycles. The Morgan fingerprint density at radius 1 is 1.35 bits per heavy atom. The number of carbonyl (C=O) groups excluding carboxylic acids is 1. The SMILES string of the molecule is O=C(O/N=C1/CCCC[C@@H]1Cn1ccnc1)c1ccc(Cl)cc1. The van der Waals surface area contributed by atoms with E-state index < -0.39 is 5.97 Å². The van der Waals surface area contributed by atoms with Crippen molar-refractivity contribution in [2.75, 3.05) is 0 Å². The molecular formula is C17H18ClN3O2. The summed E-state index contributed by atoms with van der Waals surface area (Å²) in [6.07, 6.45) is 9.67. The molecule has 0 saturated heterocycles. The Labute approximate surface area is 139 Å². The molecule has 3 rings (SSSR count). The van der Waals surface area contributed by atoms with Crippen LogP contribution in [-0.2, 0) is 11.4 Å². The van der Waals surface area contributed by atoms with Gasteiger partial charge in [-0.3, -0.25) is 0 Å². The highest BCUT2D eigenvalue weighted by Gasteiger charge is 2.22. The molecule has 5 nitrogen and oxygen atoms in total. The molecule has 23 heavy (non-hydrogen) atoms. The molecular weight excluding hydrogens is 314 g/mol. The maximum absolute atomic E-state index is 12.0. The molecule has 6 heteroatoms. The Hall–Kier alpha value is -2.14. The summed E-state index contributed by atoms with van der Waals surface area (Å²) in [5.74, 6) is -0.169. The van der Waals surface area contributed by atoms with Gasteiger partial charge in [0.1, 0.15) is 0 Å². The molecule has 0 N–H and O–H groups in total. The van der Waals surface area contributed by atoms with Gasteiger partial charge in [-0.1, -0.05) is 23.2 Å². The Morgan fingerprint density at radius 2 is 2.17 bits per heavy atom. The van der Waals surface area contributed by atoms with Gasteiger partial charge in [0.2, 0.25) is 0 Å². The van der Waals surface area contributed by atoms with E-state index in [0.29, 0.717) is 10.6 Å². The lowest BCUT2D eigenvalue weighted by Gasteiger charge is -2.23. The first-order chi connectivity index (χ1) is 11.2. The molecule has 0 bridgehead atoms. The third kappa shape index (κ3) is 4.20. The predicted molar refractivity (Wildman–Crippen MR) is 88.5 cm³/mol. The Kier molecular flexibility index (Phi) is 5.08. The lowest BCUT2D eigenvalue weighted by molar-refractivity contribution is 0.0511. The van der Waals surface area contributed by atoms with Crippen LogP contribution >= 0.6 is 11.6 Å². The highest BCUT2D eigenvalue weighted by atomic mass is 35.5. The van der Waals surface area contributed by atoms with Crippen LogP contribution < -0.4 is 0 Å². The van der Waals surface area contributed by atoms with E-state index in [4.69, 9.17) is 16.4 Å². The fourth-order valence-corrected chi connectivity index (χ4v) is 2.90. The molecule has 1 aromatic carbocycles. The number of aromatic nitrogens is 2. The second-order valence-corrected chi connectivity index (χ2v) is 6.11. The number of nitrogens with zero attached hydrogens (tertiary/aromatic N) is 3. The fraction of sp³-hybridized carbons (Fsp3) is 0.353. The molecule has 0 radical (unpaired) electrons. The van der Waals surface area contributed by atoms with Gasteiger partial charge in [-0.05, 0) is 43.5 Å². The normalized spacial score (nSPS) is 19.7. The summed E-state index contributed by atoms with van der Waals surface area (Å²) in [7, 11) is 0. The van der Waals surface area contributed by atoms with Crippen LogP contribution in [0.1, 0.15) is 36.0 Å². The minimum Gasteiger partial charge on any atom is -0.337 e. The van der Waals surface area contributed by atoms with Gasteiger partial charge in [0, 0.05) is 29.9 Å².